The van der Waals surface area contributed by atoms with Gasteiger partial charge in [-0.05, 0) is 71.1 Å². The molecule has 2 aromatic rings. The molecule has 0 saturated carbocycles. The van der Waals surface area contributed by atoms with Crippen molar-refractivity contribution in [3.63, 3.8) is 0 Å². The van der Waals surface area contributed by atoms with Gasteiger partial charge in [0.1, 0.15) is 16.9 Å². The van der Waals surface area contributed by atoms with Crippen LogP contribution in [-0.4, -0.2) is 58.8 Å². The molecule has 0 atom stereocenters. The number of anilines is 1. The second kappa shape index (κ2) is 8.76. The minimum absolute atomic E-state index is 0.255. The Morgan fingerprint density at radius 1 is 1.22 bits per heavy atom. The van der Waals surface area contributed by atoms with E-state index in [9.17, 15) is 14.4 Å². The fraction of sp³-hybridized carbons (Fsp3) is 0.538. The van der Waals surface area contributed by atoms with Crippen molar-refractivity contribution in [2.45, 2.75) is 70.9 Å². The van der Waals surface area contributed by atoms with Gasteiger partial charge in [0.2, 0.25) is 0 Å². The average molecular weight is 513 g/mol. The maximum absolute atomic E-state index is 12.5. The molecule has 3 aliphatic heterocycles. The summed E-state index contributed by atoms with van der Waals surface area (Å²) in [5.41, 5.74) is 1.38. The van der Waals surface area contributed by atoms with Gasteiger partial charge in [0.05, 0.1) is 12.3 Å². The second-order valence-corrected chi connectivity index (χ2v) is 12.1. The SMILES string of the molecule is CC(C)(C)OC(=O)N1CCC(c2ccc3c(c2)OCCc2sc(N4C(=O)NC(=O)C4(C)C)nc2-3)CC1. The molecule has 0 radical (unpaired) electrons. The van der Waals surface area contributed by atoms with Crippen LogP contribution in [0.25, 0.3) is 11.3 Å². The van der Waals surface area contributed by atoms with Crippen LogP contribution in [0.1, 0.15) is 63.8 Å². The first-order chi connectivity index (χ1) is 16.9. The number of piperidine rings is 1. The van der Waals surface area contributed by atoms with E-state index in [1.165, 1.54) is 21.8 Å². The van der Waals surface area contributed by atoms with Gasteiger partial charge in [0.25, 0.3) is 5.91 Å². The third-order valence-corrected chi connectivity index (χ3v) is 7.98. The van der Waals surface area contributed by atoms with Crippen LogP contribution in [0.15, 0.2) is 18.2 Å². The van der Waals surface area contributed by atoms with E-state index < -0.39 is 17.2 Å². The van der Waals surface area contributed by atoms with Crippen molar-refractivity contribution in [2.24, 2.45) is 0 Å². The largest absolute Gasteiger partial charge is 0.492 e. The zero-order valence-electron chi connectivity index (χ0n) is 21.3. The molecule has 4 amide bonds. The number of hydrogen-bond donors (Lipinski definition) is 1. The number of fused-ring (bicyclic) bond motifs is 3. The summed E-state index contributed by atoms with van der Waals surface area (Å²) in [5.74, 6) is 0.772. The van der Waals surface area contributed by atoms with E-state index in [2.05, 4.69) is 17.4 Å². The number of carbonyl (C=O) groups is 3. The number of amides is 4. The highest BCUT2D eigenvalue weighted by Gasteiger charge is 2.48. The van der Waals surface area contributed by atoms with Gasteiger partial charge >= 0.3 is 12.1 Å². The van der Waals surface area contributed by atoms with Crippen LogP contribution in [0.2, 0.25) is 0 Å². The summed E-state index contributed by atoms with van der Waals surface area (Å²) in [6.07, 6.45) is 2.14. The molecule has 2 saturated heterocycles. The fourth-order valence-corrected chi connectivity index (χ4v) is 6.08. The quantitative estimate of drug-likeness (QED) is 0.586. The summed E-state index contributed by atoms with van der Waals surface area (Å²) < 4.78 is 11.6. The molecule has 0 unspecified atom stereocenters. The Morgan fingerprint density at radius 2 is 1.94 bits per heavy atom. The molecule has 1 N–H and O–H groups in total. The first-order valence-corrected chi connectivity index (χ1v) is 13.2. The molecule has 9 nitrogen and oxygen atoms in total. The molecule has 1 aromatic carbocycles. The summed E-state index contributed by atoms with van der Waals surface area (Å²) in [7, 11) is 0. The molecule has 0 bridgehead atoms. The number of hydrogen-bond acceptors (Lipinski definition) is 7. The molecule has 3 aliphatic rings. The normalized spacial score (nSPS) is 19.8. The van der Waals surface area contributed by atoms with Crippen molar-refractivity contribution in [1.29, 1.82) is 0 Å². The number of ether oxygens (including phenoxy) is 2. The van der Waals surface area contributed by atoms with Crippen molar-refractivity contribution in [3.05, 3.63) is 28.6 Å². The van der Waals surface area contributed by atoms with Gasteiger partial charge in [-0.3, -0.25) is 15.0 Å². The highest BCUT2D eigenvalue weighted by molar-refractivity contribution is 7.16. The number of rotatable bonds is 2. The number of benzene rings is 1. The number of thiazole rings is 1. The zero-order valence-corrected chi connectivity index (χ0v) is 22.2. The van der Waals surface area contributed by atoms with E-state index in [4.69, 9.17) is 14.5 Å². The van der Waals surface area contributed by atoms with Crippen LogP contribution in [0.5, 0.6) is 5.75 Å². The number of urea groups is 1. The Balaban J connectivity index is 1.35. The third kappa shape index (κ3) is 4.42. The molecular weight excluding hydrogens is 480 g/mol. The van der Waals surface area contributed by atoms with Crippen LogP contribution < -0.4 is 15.0 Å². The standard InChI is InChI=1S/C26H32N4O5S/c1-25(2,3)35-24(33)29-11-8-15(9-12-29)16-6-7-17-18(14-16)34-13-10-19-20(17)27-23(36-19)30-22(32)28-21(31)26(30,4)5/h6-7,14-15H,8-13H2,1-5H3,(H,28,31,32). The van der Waals surface area contributed by atoms with Crippen molar-refractivity contribution in [3.8, 4) is 17.0 Å². The monoisotopic (exact) mass is 512 g/mol. The first-order valence-electron chi connectivity index (χ1n) is 12.3. The maximum Gasteiger partial charge on any atom is 0.410 e. The lowest BCUT2D eigenvalue weighted by Gasteiger charge is -2.33. The number of likely N-dealkylation sites (tertiary alicyclic amines) is 1. The number of imide groups is 1. The zero-order chi connectivity index (χ0) is 25.8. The molecule has 192 valence electrons. The number of nitrogens with one attached hydrogen (secondary N) is 1. The van der Waals surface area contributed by atoms with Crippen molar-refractivity contribution in [2.75, 3.05) is 24.6 Å². The van der Waals surface area contributed by atoms with Crippen LogP contribution in [0.4, 0.5) is 14.7 Å². The van der Waals surface area contributed by atoms with E-state index in [1.54, 1.807) is 18.7 Å². The minimum atomic E-state index is -0.995. The lowest BCUT2D eigenvalue weighted by Crippen LogP contribution is -2.44. The van der Waals surface area contributed by atoms with E-state index in [-0.39, 0.29) is 12.0 Å². The lowest BCUT2D eigenvalue weighted by atomic mass is 9.88. The number of aromatic nitrogens is 1. The molecule has 0 spiro atoms. The van der Waals surface area contributed by atoms with Gasteiger partial charge < -0.3 is 14.4 Å². The van der Waals surface area contributed by atoms with E-state index in [1.807, 2.05) is 26.8 Å². The van der Waals surface area contributed by atoms with Crippen molar-refractivity contribution < 1.29 is 23.9 Å². The molecule has 1 aromatic heterocycles. The highest BCUT2D eigenvalue weighted by atomic mass is 32.1. The topological polar surface area (TPSA) is 101 Å². The van der Waals surface area contributed by atoms with Crippen molar-refractivity contribution >= 4 is 34.5 Å². The number of carbonyl (C=O) groups excluding carboxylic acids is 3. The Kier molecular flexibility index (Phi) is 5.97. The van der Waals surface area contributed by atoms with E-state index in [0.29, 0.717) is 37.2 Å². The van der Waals surface area contributed by atoms with Gasteiger partial charge in [-0.1, -0.05) is 6.07 Å². The summed E-state index contributed by atoms with van der Waals surface area (Å²) in [5, 5.41) is 2.90. The van der Waals surface area contributed by atoms with Crippen LogP contribution >= 0.6 is 11.3 Å². The maximum atomic E-state index is 12.5. The molecule has 36 heavy (non-hydrogen) atoms. The summed E-state index contributed by atoms with van der Waals surface area (Å²) in [6.45, 7) is 10.9. The van der Waals surface area contributed by atoms with Gasteiger partial charge in [0, 0.05) is 30.0 Å². The molecular formula is C26H32N4O5S. The van der Waals surface area contributed by atoms with Crippen LogP contribution in [0, 0.1) is 0 Å². The Hall–Kier alpha value is -3.14. The summed E-state index contributed by atoms with van der Waals surface area (Å²) in [6, 6.07) is 5.80. The predicted molar refractivity (Wildman–Crippen MR) is 137 cm³/mol. The van der Waals surface area contributed by atoms with Gasteiger partial charge in [0.15, 0.2) is 5.13 Å². The Labute approximate surface area is 214 Å². The molecule has 4 heterocycles. The molecule has 10 heteroatoms. The second-order valence-electron chi connectivity index (χ2n) is 11.0. The van der Waals surface area contributed by atoms with Crippen LogP contribution in [-0.2, 0) is 16.0 Å². The summed E-state index contributed by atoms with van der Waals surface area (Å²) >= 11 is 1.43. The smallest absolute Gasteiger partial charge is 0.410 e. The third-order valence-electron chi connectivity index (χ3n) is 6.88. The van der Waals surface area contributed by atoms with Crippen molar-refractivity contribution in [1.82, 2.24) is 15.2 Å². The fourth-order valence-electron chi connectivity index (χ4n) is 4.89. The number of nitrogens with zero attached hydrogens (tertiary/aromatic N) is 3. The molecule has 2 fully saturated rings. The van der Waals surface area contributed by atoms with E-state index in [0.717, 1.165) is 34.7 Å². The van der Waals surface area contributed by atoms with E-state index >= 15 is 0 Å². The van der Waals surface area contributed by atoms with Gasteiger partial charge in [-0.15, -0.1) is 11.3 Å². The van der Waals surface area contributed by atoms with Gasteiger partial charge in [-0.2, -0.15) is 0 Å². The minimum Gasteiger partial charge on any atom is -0.492 e. The lowest BCUT2D eigenvalue weighted by molar-refractivity contribution is -0.122. The predicted octanol–water partition coefficient (Wildman–Crippen LogP) is 4.69. The Morgan fingerprint density at radius 3 is 2.58 bits per heavy atom. The molecule has 0 aliphatic carbocycles. The first kappa shape index (κ1) is 24.5. The summed E-state index contributed by atoms with van der Waals surface area (Å²) in [4.78, 5) is 46.2. The Bertz CT molecular complexity index is 1220. The average Bonchev–Trinajstić information content (AvgIpc) is 3.22. The van der Waals surface area contributed by atoms with Gasteiger partial charge in [-0.25, -0.2) is 14.6 Å². The van der Waals surface area contributed by atoms with Crippen LogP contribution in [0.3, 0.4) is 0 Å². The molecule has 5 rings (SSSR count). The highest BCUT2D eigenvalue weighted by Crippen LogP contribution is 2.43.